The van der Waals surface area contributed by atoms with Crippen molar-refractivity contribution in [2.24, 2.45) is 0 Å². The molecular weight excluding hydrogens is 398 g/mol. The van der Waals surface area contributed by atoms with Crippen molar-refractivity contribution >= 4 is 39.7 Å². The Bertz CT molecular complexity index is 707. The van der Waals surface area contributed by atoms with Crippen LogP contribution < -0.4 is 5.32 Å². The SMILES string of the molecule is O=C(CO)c1ccc(F)c(F)c1Nc1ccc(I)cc1F. The summed E-state index contributed by atoms with van der Waals surface area (Å²) in [7, 11) is 0. The molecule has 0 aliphatic rings. The van der Waals surface area contributed by atoms with Crippen LogP contribution in [-0.4, -0.2) is 17.5 Å². The quantitative estimate of drug-likeness (QED) is 0.602. The number of ketones is 1. The second-order valence-corrected chi connectivity index (χ2v) is 5.36. The van der Waals surface area contributed by atoms with E-state index in [4.69, 9.17) is 5.11 Å². The lowest BCUT2D eigenvalue weighted by atomic mass is 10.1. The number of halogens is 4. The van der Waals surface area contributed by atoms with Gasteiger partial charge < -0.3 is 10.4 Å². The molecule has 0 heterocycles. The van der Waals surface area contributed by atoms with Crippen LogP contribution in [-0.2, 0) is 0 Å². The van der Waals surface area contributed by atoms with Gasteiger partial charge in [0.15, 0.2) is 17.4 Å². The minimum absolute atomic E-state index is 0.105. The molecule has 0 unspecified atom stereocenters. The fourth-order valence-corrected chi connectivity index (χ4v) is 2.17. The van der Waals surface area contributed by atoms with Crippen LogP contribution in [0.15, 0.2) is 30.3 Å². The maximum Gasteiger partial charge on any atom is 0.190 e. The third-order valence-corrected chi connectivity index (χ3v) is 3.40. The number of aliphatic hydroxyl groups is 1. The number of anilines is 2. The van der Waals surface area contributed by atoms with Gasteiger partial charge in [-0.3, -0.25) is 4.79 Å². The molecule has 3 nitrogen and oxygen atoms in total. The number of hydrogen-bond acceptors (Lipinski definition) is 3. The molecule has 0 bridgehead atoms. The van der Waals surface area contributed by atoms with Crippen molar-refractivity contribution in [2.45, 2.75) is 0 Å². The standard InChI is InChI=1S/C14H9F3INO2/c15-9-3-2-8(12(21)6-20)14(13(9)17)19-11-4-1-7(18)5-10(11)16/h1-5,19-20H,6H2. The topological polar surface area (TPSA) is 49.3 Å². The number of carbonyl (C=O) groups is 1. The zero-order valence-electron chi connectivity index (χ0n) is 10.5. The highest BCUT2D eigenvalue weighted by Gasteiger charge is 2.19. The molecule has 2 aromatic carbocycles. The summed E-state index contributed by atoms with van der Waals surface area (Å²) in [4.78, 5) is 11.6. The fraction of sp³-hybridized carbons (Fsp3) is 0.0714. The molecule has 110 valence electrons. The molecule has 21 heavy (non-hydrogen) atoms. The van der Waals surface area contributed by atoms with E-state index in [1.165, 1.54) is 12.1 Å². The maximum absolute atomic E-state index is 13.9. The van der Waals surface area contributed by atoms with Gasteiger partial charge in [0.1, 0.15) is 12.4 Å². The zero-order valence-corrected chi connectivity index (χ0v) is 12.6. The van der Waals surface area contributed by atoms with Crippen LogP contribution in [0.4, 0.5) is 24.5 Å². The average molecular weight is 407 g/mol. The molecule has 7 heteroatoms. The number of nitrogens with one attached hydrogen (secondary N) is 1. The molecule has 2 rings (SSSR count). The van der Waals surface area contributed by atoms with Crippen molar-refractivity contribution in [2.75, 3.05) is 11.9 Å². The van der Waals surface area contributed by atoms with Gasteiger partial charge in [0.2, 0.25) is 0 Å². The van der Waals surface area contributed by atoms with Gasteiger partial charge in [-0.15, -0.1) is 0 Å². The van der Waals surface area contributed by atoms with E-state index in [0.717, 1.165) is 12.1 Å². The second-order valence-electron chi connectivity index (χ2n) is 4.11. The molecule has 0 aliphatic heterocycles. The smallest absolute Gasteiger partial charge is 0.190 e. The lowest BCUT2D eigenvalue weighted by Gasteiger charge is -2.13. The number of aliphatic hydroxyl groups excluding tert-OH is 1. The lowest BCUT2D eigenvalue weighted by molar-refractivity contribution is 0.0904. The Morgan fingerprint density at radius 2 is 1.86 bits per heavy atom. The van der Waals surface area contributed by atoms with E-state index in [1.54, 1.807) is 6.07 Å². The van der Waals surface area contributed by atoms with Crippen molar-refractivity contribution in [1.29, 1.82) is 0 Å². The van der Waals surface area contributed by atoms with E-state index in [9.17, 15) is 18.0 Å². The Balaban J connectivity index is 2.51. The van der Waals surface area contributed by atoms with Gasteiger partial charge in [-0.25, -0.2) is 13.2 Å². The van der Waals surface area contributed by atoms with Crippen LogP contribution in [0.1, 0.15) is 10.4 Å². The highest BCUT2D eigenvalue weighted by molar-refractivity contribution is 14.1. The number of Topliss-reactive ketones (excluding diaryl/α,β-unsaturated/α-hetero) is 1. The van der Waals surface area contributed by atoms with Gasteiger partial charge >= 0.3 is 0 Å². The zero-order chi connectivity index (χ0) is 15.6. The number of benzene rings is 2. The normalized spacial score (nSPS) is 10.5. The highest BCUT2D eigenvalue weighted by Crippen LogP contribution is 2.28. The summed E-state index contributed by atoms with van der Waals surface area (Å²) in [6, 6.07) is 5.91. The molecule has 0 aromatic heterocycles. The van der Waals surface area contributed by atoms with Crippen LogP contribution in [0.25, 0.3) is 0 Å². The number of carbonyl (C=O) groups excluding carboxylic acids is 1. The Hall–Kier alpha value is -1.61. The molecule has 0 fully saturated rings. The summed E-state index contributed by atoms with van der Waals surface area (Å²) in [5, 5.41) is 11.2. The molecule has 0 atom stereocenters. The van der Waals surface area contributed by atoms with Crippen LogP contribution >= 0.6 is 22.6 Å². The number of hydrogen-bond donors (Lipinski definition) is 2. The first-order chi connectivity index (χ1) is 9.93. The largest absolute Gasteiger partial charge is 0.388 e. The van der Waals surface area contributed by atoms with Gasteiger partial charge in [0.25, 0.3) is 0 Å². The summed E-state index contributed by atoms with van der Waals surface area (Å²) in [5.74, 6) is -3.97. The molecule has 0 amide bonds. The Morgan fingerprint density at radius 3 is 2.48 bits per heavy atom. The van der Waals surface area contributed by atoms with Crippen molar-refractivity contribution < 1.29 is 23.1 Å². The van der Waals surface area contributed by atoms with Crippen molar-refractivity contribution in [3.8, 4) is 0 Å². The summed E-state index contributed by atoms with van der Waals surface area (Å²) in [6.45, 7) is -0.866. The van der Waals surface area contributed by atoms with E-state index in [2.05, 4.69) is 5.32 Å². The Morgan fingerprint density at radius 1 is 1.14 bits per heavy atom. The predicted molar refractivity (Wildman–Crippen MR) is 80.2 cm³/mol. The molecule has 2 N–H and O–H groups in total. The average Bonchev–Trinajstić information content (AvgIpc) is 2.45. The van der Waals surface area contributed by atoms with Crippen molar-refractivity contribution in [3.63, 3.8) is 0 Å². The first-order valence-corrected chi connectivity index (χ1v) is 6.86. The predicted octanol–water partition coefficient (Wildman–Crippen LogP) is 3.63. The number of rotatable bonds is 4. The maximum atomic E-state index is 13.9. The molecule has 0 aliphatic carbocycles. The van der Waals surface area contributed by atoms with E-state index in [1.807, 2.05) is 22.6 Å². The minimum atomic E-state index is -1.31. The van der Waals surface area contributed by atoms with Crippen LogP contribution in [0, 0.1) is 21.0 Å². The van der Waals surface area contributed by atoms with Gasteiger partial charge in [-0.1, -0.05) is 0 Å². The third kappa shape index (κ3) is 3.35. The summed E-state index contributed by atoms with van der Waals surface area (Å²) in [5.41, 5.74) is -0.865. The van der Waals surface area contributed by atoms with Crippen LogP contribution in [0.2, 0.25) is 0 Å². The van der Waals surface area contributed by atoms with E-state index in [-0.39, 0.29) is 11.3 Å². The van der Waals surface area contributed by atoms with Crippen LogP contribution in [0.5, 0.6) is 0 Å². The summed E-state index contributed by atoms with van der Waals surface area (Å²) in [6.07, 6.45) is 0. The summed E-state index contributed by atoms with van der Waals surface area (Å²) < 4.78 is 41.6. The van der Waals surface area contributed by atoms with Crippen molar-refractivity contribution in [3.05, 3.63) is 56.9 Å². The Labute approximate surface area is 131 Å². The minimum Gasteiger partial charge on any atom is -0.388 e. The molecular formula is C14H9F3INO2. The highest BCUT2D eigenvalue weighted by atomic mass is 127. The van der Waals surface area contributed by atoms with Gasteiger partial charge in [-0.05, 0) is 52.9 Å². The molecule has 0 radical (unpaired) electrons. The lowest BCUT2D eigenvalue weighted by Crippen LogP contribution is -2.11. The molecule has 0 spiro atoms. The van der Waals surface area contributed by atoms with E-state index >= 15 is 0 Å². The third-order valence-electron chi connectivity index (χ3n) is 2.73. The fourth-order valence-electron chi connectivity index (χ4n) is 1.72. The summed E-state index contributed by atoms with van der Waals surface area (Å²) >= 11 is 1.90. The second kappa shape index (κ2) is 6.44. The van der Waals surface area contributed by atoms with Crippen molar-refractivity contribution in [1.82, 2.24) is 0 Å². The first-order valence-electron chi connectivity index (χ1n) is 5.78. The first kappa shape index (κ1) is 15.8. The van der Waals surface area contributed by atoms with Gasteiger partial charge in [0, 0.05) is 9.13 Å². The molecule has 2 aromatic rings. The molecule has 0 saturated heterocycles. The Kier molecular flexibility index (Phi) is 4.84. The van der Waals surface area contributed by atoms with Gasteiger partial charge in [-0.2, -0.15) is 0 Å². The monoisotopic (exact) mass is 407 g/mol. The van der Waals surface area contributed by atoms with Gasteiger partial charge in [0.05, 0.1) is 11.4 Å². The van der Waals surface area contributed by atoms with Crippen LogP contribution in [0.3, 0.4) is 0 Å². The van der Waals surface area contributed by atoms with E-state index < -0.39 is 35.5 Å². The molecule has 0 saturated carbocycles. The van der Waals surface area contributed by atoms with E-state index in [0.29, 0.717) is 3.57 Å².